The van der Waals surface area contributed by atoms with Gasteiger partial charge in [0.05, 0.1) is 0 Å². The van der Waals surface area contributed by atoms with E-state index in [4.69, 9.17) is 4.74 Å². The Morgan fingerprint density at radius 2 is 1.71 bits per heavy atom. The molecule has 0 radical (unpaired) electrons. The SMILES string of the molecule is Cc1cc(/C=C(\C#N)C(=O)OCc2ccc(-c3ccccc3)cc2)c(C)n1CC(C)C. The summed E-state index contributed by atoms with van der Waals surface area (Å²) in [7, 11) is 0. The van der Waals surface area contributed by atoms with Gasteiger partial charge in [0.25, 0.3) is 0 Å². The van der Waals surface area contributed by atoms with Crippen LogP contribution in [0.1, 0.15) is 36.4 Å². The minimum atomic E-state index is -0.608. The number of carbonyl (C=O) groups excluding carboxylic acids is 1. The molecule has 0 spiro atoms. The Kier molecular flexibility index (Phi) is 7.10. The summed E-state index contributed by atoms with van der Waals surface area (Å²) >= 11 is 0. The number of rotatable bonds is 7. The van der Waals surface area contributed by atoms with Gasteiger partial charge in [-0.3, -0.25) is 0 Å². The van der Waals surface area contributed by atoms with E-state index < -0.39 is 5.97 Å². The van der Waals surface area contributed by atoms with Crippen LogP contribution in [0.3, 0.4) is 0 Å². The largest absolute Gasteiger partial charge is 0.457 e. The molecule has 0 atom stereocenters. The standard InChI is InChI=1S/C27H28N2O2/c1-19(2)17-29-20(3)14-25(21(29)4)15-26(16-28)27(30)31-18-22-10-12-24(13-11-22)23-8-6-5-7-9-23/h5-15,19H,17-18H2,1-4H3/b26-15+. The highest BCUT2D eigenvalue weighted by molar-refractivity contribution is 5.98. The number of hydrogen-bond acceptors (Lipinski definition) is 3. The first-order valence-electron chi connectivity index (χ1n) is 10.5. The second-order valence-electron chi connectivity index (χ2n) is 8.14. The van der Waals surface area contributed by atoms with Gasteiger partial charge in [0.1, 0.15) is 18.2 Å². The van der Waals surface area contributed by atoms with Gasteiger partial charge in [0.15, 0.2) is 0 Å². The van der Waals surface area contributed by atoms with E-state index in [0.717, 1.165) is 40.2 Å². The molecule has 0 saturated heterocycles. The van der Waals surface area contributed by atoms with Gasteiger partial charge >= 0.3 is 5.97 Å². The Balaban J connectivity index is 1.69. The molecule has 3 rings (SSSR count). The summed E-state index contributed by atoms with van der Waals surface area (Å²) in [5.41, 5.74) is 6.15. The molecule has 4 nitrogen and oxygen atoms in total. The zero-order chi connectivity index (χ0) is 22.4. The van der Waals surface area contributed by atoms with Crippen LogP contribution in [0.5, 0.6) is 0 Å². The smallest absolute Gasteiger partial charge is 0.349 e. The molecular weight excluding hydrogens is 384 g/mol. The van der Waals surface area contributed by atoms with Gasteiger partial charge in [-0.25, -0.2) is 4.79 Å². The molecule has 0 fully saturated rings. The van der Waals surface area contributed by atoms with Crippen molar-refractivity contribution in [3.8, 4) is 17.2 Å². The summed E-state index contributed by atoms with van der Waals surface area (Å²) < 4.78 is 7.62. The van der Waals surface area contributed by atoms with Crippen molar-refractivity contribution in [2.75, 3.05) is 0 Å². The van der Waals surface area contributed by atoms with E-state index >= 15 is 0 Å². The molecule has 2 aromatic carbocycles. The first-order chi connectivity index (χ1) is 14.9. The lowest BCUT2D eigenvalue weighted by molar-refractivity contribution is -0.139. The third kappa shape index (κ3) is 5.52. The number of hydrogen-bond donors (Lipinski definition) is 0. The molecule has 31 heavy (non-hydrogen) atoms. The molecule has 0 bridgehead atoms. The minimum Gasteiger partial charge on any atom is -0.457 e. The van der Waals surface area contributed by atoms with E-state index in [-0.39, 0.29) is 12.2 Å². The number of ether oxygens (including phenoxy) is 1. The molecule has 0 aliphatic rings. The first kappa shape index (κ1) is 22.1. The van der Waals surface area contributed by atoms with Crippen LogP contribution in [0.2, 0.25) is 0 Å². The van der Waals surface area contributed by atoms with E-state index in [1.165, 1.54) is 0 Å². The molecule has 158 valence electrons. The average Bonchev–Trinajstić information content (AvgIpc) is 3.03. The number of nitrogens with zero attached hydrogens (tertiary/aromatic N) is 2. The Morgan fingerprint density at radius 3 is 2.32 bits per heavy atom. The van der Waals surface area contributed by atoms with Gasteiger partial charge in [0, 0.05) is 17.9 Å². The number of esters is 1. The van der Waals surface area contributed by atoms with E-state index in [9.17, 15) is 10.1 Å². The molecule has 1 heterocycles. The van der Waals surface area contributed by atoms with Crippen LogP contribution in [-0.4, -0.2) is 10.5 Å². The van der Waals surface area contributed by atoms with E-state index in [1.54, 1.807) is 6.08 Å². The van der Waals surface area contributed by atoms with E-state index in [2.05, 4.69) is 30.5 Å². The van der Waals surface area contributed by atoms with Gasteiger partial charge < -0.3 is 9.30 Å². The Morgan fingerprint density at radius 1 is 1.06 bits per heavy atom. The molecular formula is C27H28N2O2. The van der Waals surface area contributed by atoms with Crippen molar-refractivity contribution in [2.45, 2.75) is 40.8 Å². The number of benzene rings is 2. The van der Waals surface area contributed by atoms with Crippen LogP contribution in [0.15, 0.2) is 66.2 Å². The molecule has 0 saturated carbocycles. The second-order valence-corrected chi connectivity index (χ2v) is 8.14. The van der Waals surface area contributed by atoms with Gasteiger partial charge in [-0.2, -0.15) is 5.26 Å². The highest BCUT2D eigenvalue weighted by Crippen LogP contribution is 2.21. The van der Waals surface area contributed by atoms with E-state index in [0.29, 0.717) is 5.92 Å². The lowest BCUT2D eigenvalue weighted by atomic mass is 10.0. The highest BCUT2D eigenvalue weighted by Gasteiger charge is 2.15. The summed E-state index contributed by atoms with van der Waals surface area (Å²) in [6, 6.07) is 22.0. The Labute approximate surface area is 184 Å². The number of aryl methyl sites for hydroxylation is 1. The normalized spacial score (nSPS) is 11.4. The van der Waals surface area contributed by atoms with Gasteiger partial charge in [-0.15, -0.1) is 0 Å². The average molecular weight is 413 g/mol. The molecule has 0 N–H and O–H groups in total. The van der Waals surface area contributed by atoms with Crippen molar-refractivity contribution < 1.29 is 9.53 Å². The maximum Gasteiger partial charge on any atom is 0.349 e. The fraction of sp³-hybridized carbons (Fsp3) is 0.259. The highest BCUT2D eigenvalue weighted by atomic mass is 16.5. The fourth-order valence-electron chi connectivity index (χ4n) is 3.56. The first-order valence-corrected chi connectivity index (χ1v) is 10.5. The van der Waals surface area contributed by atoms with Gasteiger partial charge in [-0.05, 0) is 54.2 Å². The number of carbonyl (C=O) groups is 1. The third-order valence-corrected chi connectivity index (χ3v) is 5.23. The van der Waals surface area contributed by atoms with Crippen LogP contribution >= 0.6 is 0 Å². The minimum absolute atomic E-state index is 0.00528. The summed E-state index contributed by atoms with van der Waals surface area (Å²) in [5.74, 6) is -0.0985. The van der Waals surface area contributed by atoms with E-state index in [1.807, 2.05) is 68.4 Å². The van der Waals surface area contributed by atoms with Gasteiger partial charge in [-0.1, -0.05) is 68.4 Å². The van der Waals surface area contributed by atoms with Crippen molar-refractivity contribution in [2.24, 2.45) is 5.92 Å². The van der Waals surface area contributed by atoms with Crippen LogP contribution in [0.25, 0.3) is 17.2 Å². The molecule has 3 aromatic rings. The van der Waals surface area contributed by atoms with Crippen molar-refractivity contribution >= 4 is 12.0 Å². The Bertz CT molecular complexity index is 1110. The third-order valence-electron chi connectivity index (χ3n) is 5.23. The second kappa shape index (κ2) is 9.95. The zero-order valence-corrected chi connectivity index (χ0v) is 18.6. The quantitative estimate of drug-likeness (QED) is 0.268. The molecule has 0 aliphatic heterocycles. The topological polar surface area (TPSA) is 55.0 Å². The molecule has 0 aliphatic carbocycles. The molecule has 4 heteroatoms. The summed E-state index contributed by atoms with van der Waals surface area (Å²) in [6.45, 7) is 9.40. The molecule has 1 aromatic heterocycles. The lowest BCUT2D eigenvalue weighted by Gasteiger charge is -2.12. The maximum atomic E-state index is 12.5. The zero-order valence-electron chi connectivity index (χ0n) is 18.6. The summed E-state index contributed by atoms with van der Waals surface area (Å²) in [5, 5.41) is 9.50. The maximum absolute atomic E-state index is 12.5. The summed E-state index contributed by atoms with van der Waals surface area (Å²) in [4.78, 5) is 12.5. The van der Waals surface area contributed by atoms with Crippen molar-refractivity contribution in [3.05, 3.63) is 88.8 Å². The predicted octanol–water partition coefficient (Wildman–Crippen LogP) is 6.08. The molecule has 0 unspecified atom stereocenters. The van der Waals surface area contributed by atoms with Crippen molar-refractivity contribution in [3.63, 3.8) is 0 Å². The number of nitriles is 1. The fourth-order valence-corrected chi connectivity index (χ4v) is 3.56. The molecule has 0 amide bonds. The van der Waals surface area contributed by atoms with Crippen LogP contribution in [-0.2, 0) is 22.7 Å². The van der Waals surface area contributed by atoms with Crippen molar-refractivity contribution in [1.29, 1.82) is 5.26 Å². The van der Waals surface area contributed by atoms with Gasteiger partial charge in [0.2, 0.25) is 0 Å². The lowest BCUT2D eigenvalue weighted by Crippen LogP contribution is -2.08. The Hall–Kier alpha value is -3.58. The van der Waals surface area contributed by atoms with Crippen LogP contribution < -0.4 is 0 Å². The number of aromatic nitrogens is 1. The monoisotopic (exact) mass is 412 g/mol. The van der Waals surface area contributed by atoms with Crippen molar-refractivity contribution in [1.82, 2.24) is 4.57 Å². The van der Waals surface area contributed by atoms with Crippen LogP contribution in [0.4, 0.5) is 0 Å². The summed E-state index contributed by atoms with van der Waals surface area (Å²) in [6.07, 6.45) is 1.62. The van der Waals surface area contributed by atoms with Crippen LogP contribution in [0, 0.1) is 31.1 Å². The predicted molar refractivity (Wildman–Crippen MR) is 124 cm³/mol.